The van der Waals surface area contributed by atoms with E-state index in [0.29, 0.717) is 21.2 Å². The van der Waals surface area contributed by atoms with E-state index >= 15 is 0 Å². The van der Waals surface area contributed by atoms with Crippen molar-refractivity contribution in [2.24, 2.45) is 0 Å². The Balaban J connectivity index is 2.50. The lowest BCUT2D eigenvalue weighted by molar-refractivity contribution is 0.104. The molecule has 82 valence electrons. The molecular weight excluding hydrogens is 310 g/mol. The zero-order valence-electron chi connectivity index (χ0n) is 8.04. The van der Waals surface area contributed by atoms with Gasteiger partial charge in [0.2, 0.25) is 5.78 Å². The molecule has 0 atom stereocenters. The molecule has 2 rings (SSSR count). The Morgan fingerprint density at radius 3 is 2.75 bits per heavy atom. The van der Waals surface area contributed by atoms with Crippen LogP contribution in [0.3, 0.4) is 0 Å². The summed E-state index contributed by atoms with van der Waals surface area (Å²) in [6.07, 6.45) is 0. The Bertz CT molecular complexity index is 553. The highest BCUT2D eigenvalue weighted by Gasteiger charge is 2.17. The van der Waals surface area contributed by atoms with Gasteiger partial charge in [0, 0.05) is 10.0 Å². The molecule has 0 saturated carbocycles. The van der Waals surface area contributed by atoms with Crippen molar-refractivity contribution in [3.8, 4) is 0 Å². The highest BCUT2D eigenvalue weighted by Crippen LogP contribution is 2.30. The fourth-order valence-corrected chi connectivity index (χ4v) is 3.02. The van der Waals surface area contributed by atoms with E-state index in [1.807, 2.05) is 11.4 Å². The van der Waals surface area contributed by atoms with Gasteiger partial charge in [0.25, 0.3) is 0 Å². The van der Waals surface area contributed by atoms with Crippen molar-refractivity contribution in [1.82, 2.24) is 0 Å². The third kappa shape index (κ3) is 2.00. The standard InChI is InChI=1S/C11H7BrClNOS/c12-7-4-5-16-11(7)10(15)6-2-1-3-8(14)9(6)13/h1-5H,14H2. The second-order valence-electron chi connectivity index (χ2n) is 3.14. The maximum absolute atomic E-state index is 12.1. The summed E-state index contributed by atoms with van der Waals surface area (Å²) in [5.74, 6) is -0.112. The topological polar surface area (TPSA) is 43.1 Å². The number of rotatable bonds is 2. The molecule has 0 aliphatic carbocycles. The van der Waals surface area contributed by atoms with Crippen molar-refractivity contribution in [3.63, 3.8) is 0 Å². The average Bonchev–Trinajstić information content (AvgIpc) is 2.68. The van der Waals surface area contributed by atoms with E-state index in [9.17, 15) is 4.79 Å². The number of nitrogens with two attached hydrogens (primary N) is 1. The predicted octanol–water partition coefficient (Wildman–Crippen LogP) is 3.98. The molecule has 0 saturated heterocycles. The summed E-state index contributed by atoms with van der Waals surface area (Å²) in [7, 11) is 0. The Morgan fingerprint density at radius 1 is 1.38 bits per heavy atom. The Hall–Kier alpha value is -0.840. The quantitative estimate of drug-likeness (QED) is 0.673. The van der Waals surface area contributed by atoms with Gasteiger partial charge >= 0.3 is 0 Å². The Labute approximate surface area is 110 Å². The SMILES string of the molecule is Nc1cccc(C(=O)c2sccc2Br)c1Cl. The number of carbonyl (C=O) groups excluding carboxylic acids is 1. The molecular formula is C11H7BrClNOS. The molecule has 2 nitrogen and oxygen atoms in total. The fraction of sp³-hybridized carbons (Fsp3) is 0. The summed E-state index contributed by atoms with van der Waals surface area (Å²) < 4.78 is 0.779. The van der Waals surface area contributed by atoms with E-state index < -0.39 is 0 Å². The lowest BCUT2D eigenvalue weighted by Gasteiger charge is -2.04. The zero-order valence-corrected chi connectivity index (χ0v) is 11.2. The number of anilines is 1. The molecule has 0 aliphatic heterocycles. The molecule has 0 aliphatic rings. The molecule has 0 radical (unpaired) electrons. The van der Waals surface area contributed by atoms with Crippen LogP contribution in [0.4, 0.5) is 5.69 Å². The van der Waals surface area contributed by atoms with Crippen molar-refractivity contribution in [2.45, 2.75) is 0 Å². The van der Waals surface area contributed by atoms with Crippen LogP contribution in [-0.4, -0.2) is 5.78 Å². The second kappa shape index (κ2) is 4.57. The summed E-state index contributed by atoms with van der Waals surface area (Å²) in [4.78, 5) is 12.8. The number of benzene rings is 1. The normalized spacial score (nSPS) is 10.4. The molecule has 2 N–H and O–H groups in total. The van der Waals surface area contributed by atoms with E-state index in [1.54, 1.807) is 18.2 Å². The van der Waals surface area contributed by atoms with Gasteiger partial charge in [-0.05, 0) is 39.5 Å². The van der Waals surface area contributed by atoms with Gasteiger partial charge < -0.3 is 5.73 Å². The van der Waals surface area contributed by atoms with Gasteiger partial charge in [0.1, 0.15) is 0 Å². The van der Waals surface area contributed by atoms with Crippen LogP contribution < -0.4 is 5.73 Å². The minimum atomic E-state index is -0.112. The lowest BCUT2D eigenvalue weighted by Crippen LogP contribution is -2.02. The van der Waals surface area contributed by atoms with Crippen LogP contribution in [0.15, 0.2) is 34.1 Å². The highest BCUT2D eigenvalue weighted by molar-refractivity contribution is 9.10. The van der Waals surface area contributed by atoms with Gasteiger partial charge in [0.05, 0.1) is 15.6 Å². The zero-order chi connectivity index (χ0) is 11.7. The third-order valence-corrected chi connectivity index (χ3v) is 4.35. The molecule has 2 aromatic rings. The number of ketones is 1. The van der Waals surface area contributed by atoms with Gasteiger partial charge in [-0.3, -0.25) is 4.79 Å². The van der Waals surface area contributed by atoms with Gasteiger partial charge in [-0.1, -0.05) is 17.7 Å². The average molecular weight is 317 g/mol. The molecule has 0 bridgehead atoms. The largest absolute Gasteiger partial charge is 0.398 e. The Kier molecular flexibility index (Phi) is 3.33. The first kappa shape index (κ1) is 11.6. The predicted molar refractivity (Wildman–Crippen MR) is 71.3 cm³/mol. The van der Waals surface area contributed by atoms with Crippen molar-refractivity contribution >= 4 is 50.3 Å². The highest BCUT2D eigenvalue weighted by atomic mass is 79.9. The summed E-state index contributed by atoms with van der Waals surface area (Å²) in [5.41, 5.74) is 6.51. The molecule has 0 spiro atoms. The van der Waals surface area contributed by atoms with E-state index in [0.717, 1.165) is 4.47 Å². The van der Waals surface area contributed by atoms with Crippen LogP contribution in [0, 0.1) is 0 Å². The van der Waals surface area contributed by atoms with Crippen molar-refractivity contribution in [1.29, 1.82) is 0 Å². The number of nitrogen functional groups attached to an aromatic ring is 1. The minimum Gasteiger partial charge on any atom is -0.398 e. The van der Waals surface area contributed by atoms with Crippen LogP contribution >= 0.6 is 38.9 Å². The molecule has 1 aromatic heterocycles. The van der Waals surface area contributed by atoms with Crippen LogP contribution in [0.25, 0.3) is 0 Å². The monoisotopic (exact) mass is 315 g/mol. The first-order valence-electron chi connectivity index (χ1n) is 4.43. The molecule has 0 fully saturated rings. The fourth-order valence-electron chi connectivity index (χ4n) is 1.30. The lowest BCUT2D eigenvalue weighted by atomic mass is 10.1. The first-order chi connectivity index (χ1) is 7.61. The van der Waals surface area contributed by atoms with Crippen LogP contribution in [0.1, 0.15) is 15.2 Å². The van der Waals surface area contributed by atoms with E-state index in [-0.39, 0.29) is 5.78 Å². The van der Waals surface area contributed by atoms with E-state index in [4.69, 9.17) is 17.3 Å². The maximum atomic E-state index is 12.1. The third-order valence-electron chi connectivity index (χ3n) is 2.10. The van der Waals surface area contributed by atoms with E-state index in [2.05, 4.69) is 15.9 Å². The second-order valence-corrected chi connectivity index (χ2v) is 5.28. The number of thiophene rings is 1. The summed E-state index contributed by atoms with van der Waals surface area (Å²) in [6, 6.07) is 6.89. The van der Waals surface area contributed by atoms with Gasteiger partial charge in [-0.15, -0.1) is 11.3 Å². The summed E-state index contributed by atoms with van der Waals surface area (Å²) >= 11 is 10.7. The molecule has 16 heavy (non-hydrogen) atoms. The van der Waals surface area contributed by atoms with E-state index in [1.165, 1.54) is 11.3 Å². The summed E-state index contributed by atoms with van der Waals surface area (Å²) in [5, 5.41) is 2.16. The number of hydrogen-bond donors (Lipinski definition) is 1. The summed E-state index contributed by atoms with van der Waals surface area (Å²) in [6.45, 7) is 0. The smallest absolute Gasteiger partial charge is 0.205 e. The minimum absolute atomic E-state index is 0.112. The van der Waals surface area contributed by atoms with Crippen molar-refractivity contribution in [3.05, 3.63) is 49.6 Å². The Morgan fingerprint density at radius 2 is 2.12 bits per heavy atom. The van der Waals surface area contributed by atoms with Crippen LogP contribution in [-0.2, 0) is 0 Å². The van der Waals surface area contributed by atoms with Crippen molar-refractivity contribution < 1.29 is 4.79 Å². The molecule has 1 aromatic carbocycles. The van der Waals surface area contributed by atoms with Gasteiger partial charge in [-0.2, -0.15) is 0 Å². The number of halogens is 2. The van der Waals surface area contributed by atoms with Crippen LogP contribution in [0.5, 0.6) is 0 Å². The first-order valence-corrected chi connectivity index (χ1v) is 6.48. The number of hydrogen-bond acceptors (Lipinski definition) is 3. The number of carbonyl (C=O) groups is 1. The maximum Gasteiger partial charge on any atom is 0.205 e. The van der Waals surface area contributed by atoms with Crippen molar-refractivity contribution in [2.75, 3.05) is 5.73 Å². The van der Waals surface area contributed by atoms with Gasteiger partial charge in [-0.25, -0.2) is 0 Å². The van der Waals surface area contributed by atoms with Gasteiger partial charge in [0.15, 0.2) is 0 Å². The molecule has 1 heterocycles. The van der Waals surface area contributed by atoms with Crippen LogP contribution in [0.2, 0.25) is 5.02 Å². The molecule has 5 heteroatoms. The molecule has 0 amide bonds. The molecule has 0 unspecified atom stereocenters.